The number of carbonyl (C=O) groups excluding carboxylic acids is 1. The number of nitrogens with zero attached hydrogens (tertiary/aromatic N) is 2. The number of rotatable bonds is 7. The lowest BCUT2D eigenvalue weighted by atomic mass is 9.69. The summed E-state index contributed by atoms with van der Waals surface area (Å²) >= 11 is 6.05. The van der Waals surface area contributed by atoms with Gasteiger partial charge in [0.2, 0.25) is 5.91 Å². The molecular weight excluding hydrogens is 456 g/mol. The van der Waals surface area contributed by atoms with Gasteiger partial charge in [-0.2, -0.15) is 0 Å². The second kappa shape index (κ2) is 10.5. The van der Waals surface area contributed by atoms with Crippen LogP contribution in [0.5, 0.6) is 0 Å². The second-order valence-electron chi connectivity index (χ2n) is 9.96. The van der Waals surface area contributed by atoms with Crippen molar-refractivity contribution in [3.05, 3.63) is 107 Å². The number of likely N-dealkylation sites (tertiary alicyclic amines) is 1. The van der Waals surface area contributed by atoms with Gasteiger partial charge in [-0.05, 0) is 55.0 Å². The quantitative estimate of drug-likeness (QED) is 0.477. The molecule has 184 valence electrons. The number of piperidine rings is 1. The molecule has 0 bridgehead atoms. The molecule has 0 spiro atoms. The lowest BCUT2D eigenvalue weighted by Gasteiger charge is -2.44. The van der Waals surface area contributed by atoms with E-state index in [0.29, 0.717) is 24.3 Å². The van der Waals surface area contributed by atoms with Crippen LogP contribution in [0, 0.1) is 0 Å². The van der Waals surface area contributed by atoms with Crippen molar-refractivity contribution in [1.29, 1.82) is 0 Å². The first-order chi connectivity index (χ1) is 16.8. The first-order valence-electron chi connectivity index (χ1n) is 12.3. The van der Waals surface area contributed by atoms with E-state index in [9.17, 15) is 9.90 Å². The minimum Gasteiger partial charge on any atom is -0.385 e. The van der Waals surface area contributed by atoms with Crippen molar-refractivity contribution in [3.8, 4) is 0 Å². The Kier molecular flexibility index (Phi) is 7.65. The van der Waals surface area contributed by atoms with Gasteiger partial charge in [-0.3, -0.25) is 4.79 Å². The van der Waals surface area contributed by atoms with E-state index in [2.05, 4.69) is 36.1 Å². The summed E-state index contributed by atoms with van der Waals surface area (Å²) in [5.41, 5.74) is 1.28. The number of halogens is 1. The zero-order valence-corrected chi connectivity index (χ0v) is 21.6. The number of benzene rings is 3. The second-order valence-corrected chi connectivity index (χ2v) is 10.4. The summed E-state index contributed by atoms with van der Waals surface area (Å²) in [7, 11) is 3.67. The van der Waals surface area contributed by atoms with Crippen LogP contribution in [-0.2, 0) is 15.8 Å². The Hall–Kier alpha value is -2.66. The molecule has 1 aliphatic rings. The van der Waals surface area contributed by atoms with E-state index in [1.807, 2.05) is 74.8 Å². The van der Waals surface area contributed by atoms with Crippen LogP contribution in [0.4, 0.5) is 0 Å². The van der Waals surface area contributed by atoms with Gasteiger partial charge in [-0.15, -0.1) is 0 Å². The Morgan fingerprint density at radius 3 is 1.89 bits per heavy atom. The smallest absolute Gasteiger partial charge is 0.237 e. The number of likely N-dealkylation sites (N-methyl/N-ethyl adjacent to an activating group) is 1. The maximum atomic E-state index is 14.0. The van der Waals surface area contributed by atoms with Crippen molar-refractivity contribution >= 4 is 17.5 Å². The van der Waals surface area contributed by atoms with Gasteiger partial charge in [0.15, 0.2) is 0 Å². The molecule has 0 saturated carbocycles. The number of aliphatic hydroxyl groups is 1. The highest BCUT2D eigenvalue weighted by Crippen LogP contribution is 2.41. The summed E-state index contributed by atoms with van der Waals surface area (Å²) in [5, 5.41) is 12.0. The van der Waals surface area contributed by atoms with Gasteiger partial charge in [0.1, 0.15) is 5.41 Å². The molecule has 0 radical (unpaired) electrons. The summed E-state index contributed by atoms with van der Waals surface area (Å²) in [6.45, 7) is 3.72. The Bertz CT molecular complexity index is 1070. The number of carbonyl (C=O) groups is 1. The fraction of sp³-hybridized carbons (Fsp3) is 0.367. The summed E-state index contributed by atoms with van der Waals surface area (Å²) in [5.74, 6) is 0.0800. The van der Waals surface area contributed by atoms with Crippen LogP contribution in [-0.4, -0.2) is 54.0 Å². The van der Waals surface area contributed by atoms with Crippen molar-refractivity contribution in [2.45, 2.75) is 43.2 Å². The molecule has 3 aromatic carbocycles. The minimum atomic E-state index is -0.851. The van der Waals surface area contributed by atoms with E-state index in [1.165, 1.54) is 0 Å². The zero-order valence-electron chi connectivity index (χ0n) is 20.8. The van der Waals surface area contributed by atoms with E-state index < -0.39 is 11.0 Å². The van der Waals surface area contributed by atoms with Crippen LogP contribution in [0.1, 0.15) is 42.9 Å². The third-order valence-electron chi connectivity index (χ3n) is 7.54. The predicted octanol–water partition coefficient (Wildman–Crippen LogP) is 5.48. The van der Waals surface area contributed by atoms with Gasteiger partial charge >= 0.3 is 0 Å². The van der Waals surface area contributed by atoms with Crippen LogP contribution in [0.15, 0.2) is 84.9 Å². The van der Waals surface area contributed by atoms with Gasteiger partial charge < -0.3 is 14.9 Å². The Balaban J connectivity index is 1.63. The molecule has 1 heterocycles. The van der Waals surface area contributed by atoms with Crippen molar-refractivity contribution < 1.29 is 9.90 Å². The van der Waals surface area contributed by atoms with Crippen molar-refractivity contribution in [2.24, 2.45) is 0 Å². The minimum absolute atomic E-state index is 0.0800. The largest absolute Gasteiger partial charge is 0.385 e. The van der Waals surface area contributed by atoms with Crippen LogP contribution in [0.25, 0.3) is 0 Å². The molecule has 3 aromatic rings. The predicted molar refractivity (Wildman–Crippen MR) is 143 cm³/mol. The highest BCUT2D eigenvalue weighted by atomic mass is 35.5. The standard InChI is InChI=1S/C30H35ClN2O2/c1-23(33-20-18-29(35,19-21-33)24-14-16-27(31)17-15-24)22-30(28(34)32(2)3,25-10-6-4-7-11-25)26-12-8-5-9-13-26/h4-17,23,35H,18-22H2,1-3H3. The van der Waals surface area contributed by atoms with Gasteiger partial charge in [0.25, 0.3) is 0 Å². The molecule has 0 aromatic heterocycles. The molecule has 1 unspecified atom stereocenters. The highest BCUT2D eigenvalue weighted by Gasteiger charge is 2.45. The molecule has 1 saturated heterocycles. The maximum Gasteiger partial charge on any atom is 0.237 e. The van der Waals surface area contributed by atoms with Crippen molar-refractivity contribution in [1.82, 2.24) is 9.80 Å². The van der Waals surface area contributed by atoms with Crippen LogP contribution in [0.3, 0.4) is 0 Å². The van der Waals surface area contributed by atoms with E-state index in [-0.39, 0.29) is 11.9 Å². The molecular formula is C30H35ClN2O2. The number of amides is 1. The molecule has 35 heavy (non-hydrogen) atoms. The van der Waals surface area contributed by atoms with Crippen molar-refractivity contribution in [3.63, 3.8) is 0 Å². The van der Waals surface area contributed by atoms with Crippen molar-refractivity contribution in [2.75, 3.05) is 27.2 Å². The Labute approximate surface area is 214 Å². The van der Waals surface area contributed by atoms with Gasteiger partial charge in [0, 0.05) is 38.2 Å². The Morgan fingerprint density at radius 2 is 1.43 bits per heavy atom. The van der Waals surface area contributed by atoms with Gasteiger partial charge in [-0.25, -0.2) is 0 Å². The van der Waals surface area contributed by atoms with Crippen LogP contribution < -0.4 is 0 Å². The van der Waals surface area contributed by atoms with Gasteiger partial charge in [0.05, 0.1) is 5.60 Å². The maximum absolute atomic E-state index is 14.0. The van der Waals surface area contributed by atoms with E-state index in [0.717, 1.165) is 29.8 Å². The van der Waals surface area contributed by atoms with E-state index in [4.69, 9.17) is 11.6 Å². The summed E-state index contributed by atoms with van der Waals surface area (Å²) < 4.78 is 0. The molecule has 1 aliphatic heterocycles. The van der Waals surface area contributed by atoms with Crippen LogP contribution >= 0.6 is 11.6 Å². The molecule has 1 atom stereocenters. The monoisotopic (exact) mass is 490 g/mol. The number of hydrogen-bond donors (Lipinski definition) is 1. The molecule has 5 heteroatoms. The highest BCUT2D eigenvalue weighted by molar-refractivity contribution is 6.30. The van der Waals surface area contributed by atoms with Crippen LogP contribution in [0.2, 0.25) is 5.02 Å². The average Bonchev–Trinajstić information content (AvgIpc) is 2.88. The third kappa shape index (κ3) is 5.16. The average molecular weight is 491 g/mol. The molecule has 0 aliphatic carbocycles. The summed E-state index contributed by atoms with van der Waals surface area (Å²) in [6.07, 6.45) is 1.94. The van der Waals surface area contributed by atoms with E-state index >= 15 is 0 Å². The normalized spacial score (nSPS) is 17.1. The SMILES string of the molecule is CC(CC(C(=O)N(C)C)(c1ccccc1)c1ccccc1)N1CCC(O)(c2ccc(Cl)cc2)CC1. The third-order valence-corrected chi connectivity index (χ3v) is 7.79. The Morgan fingerprint density at radius 1 is 0.943 bits per heavy atom. The lowest BCUT2D eigenvalue weighted by molar-refractivity contribution is -0.134. The van der Waals surface area contributed by atoms with E-state index in [1.54, 1.807) is 4.90 Å². The molecule has 1 N–H and O–H groups in total. The molecule has 4 nitrogen and oxygen atoms in total. The van der Waals surface area contributed by atoms with Gasteiger partial charge in [-0.1, -0.05) is 84.4 Å². The fourth-order valence-electron chi connectivity index (χ4n) is 5.52. The molecule has 4 rings (SSSR count). The lowest BCUT2D eigenvalue weighted by Crippen LogP contribution is -2.52. The molecule has 1 amide bonds. The molecule has 1 fully saturated rings. The zero-order chi connectivity index (χ0) is 25.1. The first kappa shape index (κ1) is 25.4. The summed E-state index contributed by atoms with van der Waals surface area (Å²) in [6, 6.07) is 27.9. The fourth-order valence-corrected chi connectivity index (χ4v) is 5.65. The number of hydrogen-bond acceptors (Lipinski definition) is 3. The first-order valence-corrected chi connectivity index (χ1v) is 12.7. The topological polar surface area (TPSA) is 43.8 Å². The summed E-state index contributed by atoms with van der Waals surface area (Å²) in [4.78, 5) is 18.1.